The predicted molar refractivity (Wildman–Crippen MR) is 75.1 cm³/mol. The quantitative estimate of drug-likeness (QED) is 0.639. The molecular weight excluding hydrogens is 278 g/mol. The molecule has 8 nitrogen and oxygen atoms in total. The molecule has 0 bridgehead atoms. The summed E-state index contributed by atoms with van der Waals surface area (Å²) in [7, 11) is 1.61. The van der Waals surface area contributed by atoms with Crippen molar-refractivity contribution in [3.63, 3.8) is 0 Å². The Morgan fingerprint density at radius 2 is 1.86 bits per heavy atom. The molecule has 0 spiro atoms. The molecule has 21 heavy (non-hydrogen) atoms. The number of carboxylic acids is 2. The maximum absolute atomic E-state index is 12.0. The van der Waals surface area contributed by atoms with Crippen LogP contribution in [0.3, 0.4) is 0 Å². The van der Waals surface area contributed by atoms with Gasteiger partial charge in [-0.1, -0.05) is 6.92 Å². The number of urea groups is 1. The fraction of sp³-hybridized carbons (Fsp3) is 0.769. The second kappa shape index (κ2) is 7.82. The van der Waals surface area contributed by atoms with Crippen molar-refractivity contribution in [2.45, 2.75) is 38.3 Å². The minimum absolute atomic E-state index is 0.0482. The summed E-state index contributed by atoms with van der Waals surface area (Å²) in [6, 6.07) is -1.90. The Bertz CT molecular complexity index is 393. The highest BCUT2D eigenvalue weighted by Crippen LogP contribution is 2.15. The van der Waals surface area contributed by atoms with E-state index in [4.69, 9.17) is 10.2 Å². The Morgan fingerprint density at radius 3 is 2.29 bits per heavy atom. The molecule has 0 aliphatic carbocycles. The van der Waals surface area contributed by atoms with Crippen molar-refractivity contribution in [2.24, 2.45) is 0 Å². The van der Waals surface area contributed by atoms with Crippen LogP contribution in [0.5, 0.6) is 0 Å². The highest BCUT2D eigenvalue weighted by atomic mass is 16.4. The van der Waals surface area contributed by atoms with Gasteiger partial charge in [0, 0.05) is 26.2 Å². The number of aliphatic carboxylic acids is 2. The molecule has 1 saturated heterocycles. The van der Waals surface area contributed by atoms with Gasteiger partial charge in [0.15, 0.2) is 0 Å². The second-order valence-corrected chi connectivity index (χ2v) is 5.21. The van der Waals surface area contributed by atoms with Crippen LogP contribution in [0.4, 0.5) is 4.79 Å². The van der Waals surface area contributed by atoms with Gasteiger partial charge in [-0.15, -0.1) is 0 Å². The molecule has 1 aliphatic rings. The van der Waals surface area contributed by atoms with Crippen molar-refractivity contribution in [3.8, 4) is 0 Å². The van der Waals surface area contributed by atoms with Crippen LogP contribution in [0.1, 0.15) is 26.2 Å². The number of carbonyl (C=O) groups excluding carboxylic acids is 1. The lowest BCUT2D eigenvalue weighted by molar-refractivity contribution is -0.145. The number of piperidine rings is 1. The molecule has 1 heterocycles. The summed E-state index contributed by atoms with van der Waals surface area (Å²) in [5, 5.41) is 19.8. The van der Waals surface area contributed by atoms with Crippen molar-refractivity contribution in [1.29, 1.82) is 0 Å². The average Bonchev–Trinajstić information content (AvgIpc) is 2.45. The predicted octanol–water partition coefficient (Wildman–Crippen LogP) is 0.0400. The van der Waals surface area contributed by atoms with E-state index in [1.807, 2.05) is 0 Å². The third-order valence-electron chi connectivity index (χ3n) is 3.85. The molecule has 1 fully saturated rings. The molecule has 1 rings (SSSR count). The summed E-state index contributed by atoms with van der Waals surface area (Å²) >= 11 is 0. The Hall–Kier alpha value is -1.83. The zero-order chi connectivity index (χ0) is 16.0. The van der Waals surface area contributed by atoms with Crippen LogP contribution in [0, 0.1) is 0 Å². The van der Waals surface area contributed by atoms with Gasteiger partial charge in [0.1, 0.15) is 6.04 Å². The molecule has 0 aromatic heterocycles. The minimum Gasteiger partial charge on any atom is -0.481 e. The number of amides is 2. The van der Waals surface area contributed by atoms with Crippen LogP contribution >= 0.6 is 0 Å². The van der Waals surface area contributed by atoms with Crippen LogP contribution in [-0.4, -0.2) is 76.7 Å². The topological polar surface area (TPSA) is 110 Å². The lowest BCUT2D eigenvalue weighted by Crippen LogP contribution is -2.52. The number of rotatable bonds is 6. The lowest BCUT2D eigenvalue weighted by Gasteiger charge is -2.36. The molecule has 1 atom stereocenters. The van der Waals surface area contributed by atoms with E-state index in [-0.39, 0.29) is 6.04 Å². The van der Waals surface area contributed by atoms with E-state index in [1.54, 1.807) is 7.05 Å². The Kier molecular flexibility index (Phi) is 6.41. The first-order valence-corrected chi connectivity index (χ1v) is 7.05. The Balaban J connectivity index is 2.53. The van der Waals surface area contributed by atoms with E-state index in [2.05, 4.69) is 17.1 Å². The smallest absolute Gasteiger partial charge is 0.326 e. The SMILES string of the molecule is CCN1CCC(N(C)C(=O)N[C@H](CC(=O)O)C(=O)O)CC1. The first-order chi connectivity index (χ1) is 9.85. The number of hydrogen-bond donors (Lipinski definition) is 3. The Labute approximate surface area is 123 Å². The standard InChI is InChI=1S/C13H23N3O5/c1-3-16-6-4-9(5-7-16)15(2)13(21)14-10(12(19)20)8-11(17)18/h9-10H,3-8H2,1-2H3,(H,14,21)(H,17,18)(H,19,20)/t10-/m1/s1. The van der Waals surface area contributed by atoms with Gasteiger partial charge in [-0.05, 0) is 19.4 Å². The van der Waals surface area contributed by atoms with Crippen molar-refractivity contribution in [1.82, 2.24) is 15.1 Å². The third-order valence-corrected chi connectivity index (χ3v) is 3.85. The van der Waals surface area contributed by atoms with Gasteiger partial charge in [0.25, 0.3) is 0 Å². The molecule has 8 heteroatoms. The van der Waals surface area contributed by atoms with E-state index in [9.17, 15) is 14.4 Å². The van der Waals surface area contributed by atoms with Gasteiger partial charge >= 0.3 is 18.0 Å². The fourth-order valence-electron chi connectivity index (χ4n) is 2.41. The third kappa shape index (κ3) is 5.22. The first kappa shape index (κ1) is 17.2. The molecule has 120 valence electrons. The largest absolute Gasteiger partial charge is 0.481 e. The normalized spacial score (nSPS) is 18.0. The Morgan fingerprint density at radius 1 is 1.29 bits per heavy atom. The summed E-state index contributed by atoms with van der Waals surface area (Å²) in [6.45, 7) is 4.86. The first-order valence-electron chi connectivity index (χ1n) is 7.05. The van der Waals surface area contributed by atoms with Gasteiger partial charge in [-0.2, -0.15) is 0 Å². The van der Waals surface area contributed by atoms with Gasteiger partial charge in [-0.25, -0.2) is 9.59 Å². The maximum atomic E-state index is 12.0. The number of hydrogen-bond acceptors (Lipinski definition) is 4. The molecule has 0 aromatic carbocycles. The zero-order valence-corrected chi connectivity index (χ0v) is 12.4. The van der Waals surface area contributed by atoms with Gasteiger partial charge in [-0.3, -0.25) is 4.79 Å². The van der Waals surface area contributed by atoms with Crippen molar-refractivity contribution in [2.75, 3.05) is 26.7 Å². The van der Waals surface area contributed by atoms with Crippen molar-refractivity contribution in [3.05, 3.63) is 0 Å². The molecule has 1 aliphatic heterocycles. The lowest BCUT2D eigenvalue weighted by atomic mass is 10.0. The number of carboxylic acid groups (broad SMARTS) is 2. The molecule has 0 unspecified atom stereocenters. The van der Waals surface area contributed by atoms with Crippen molar-refractivity contribution >= 4 is 18.0 Å². The second-order valence-electron chi connectivity index (χ2n) is 5.21. The summed E-state index contributed by atoms with van der Waals surface area (Å²) in [5.41, 5.74) is 0. The van der Waals surface area contributed by atoms with E-state index in [0.29, 0.717) is 0 Å². The highest BCUT2D eigenvalue weighted by Gasteiger charge is 2.28. The van der Waals surface area contributed by atoms with E-state index >= 15 is 0 Å². The minimum atomic E-state index is -1.41. The van der Waals surface area contributed by atoms with Crippen LogP contribution < -0.4 is 5.32 Å². The van der Waals surface area contributed by atoms with Gasteiger partial charge < -0.3 is 25.3 Å². The van der Waals surface area contributed by atoms with Crippen LogP contribution in [0.15, 0.2) is 0 Å². The summed E-state index contributed by atoms with van der Waals surface area (Å²) in [5.74, 6) is -2.61. The van der Waals surface area contributed by atoms with Crippen LogP contribution in [0.2, 0.25) is 0 Å². The molecule has 3 N–H and O–H groups in total. The van der Waals surface area contributed by atoms with Gasteiger partial charge in [0.2, 0.25) is 0 Å². The molecule has 2 amide bonds. The maximum Gasteiger partial charge on any atom is 0.326 e. The van der Waals surface area contributed by atoms with Crippen LogP contribution in [-0.2, 0) is 9.59 Å². The number of carbonyl (C=O) groups is 3. The molecule has 0 saturated carbocycles. The van der Waals surface area contributed by atoms with E-state index in [0.717, 1.165) is 32.5 Å². The number of likely N-dealkylation sites (tertiary alicyclic amines) is 1. The number of nitrogens with one attached hydrogen (secondary N) is 1. The summed E-state index contributed by atoms with van der Waals surface area (Å²) in [4.78, 5) is 37.3. The highest BCUT2D eigenvalue weighted by molar-refractivity contribution is 5.86. The molecule has 0 radical (unpaired) electrons. The summed E-state index contributed by atoms with van der Waals surface area (Å²) in [6.07, 6.45) is 1.02. The molecule has 0 aromatic rings. The van der Waals surface area contributed by atoms with E-state index in [1.165, 1.54) is 4.90 Å². The fourth-order valence-corrected chi connectivity index (χ4v) is 2.41. The van der Waals surface area contributed by atoms with E-state index < -0.39 is 30.4 Å². The van der Waals surface area contributed by atoms with Crippen LogP contribution in [0.25, 0.3) is 0 Å². The molecular formula is C13H23N3O5. The summed E-state index contributed by atoms with van der Waals surface area (Å²) < 4.78 is 0. The average molecular weight is 301 g/mol. The monoisotopic (exact) mass is 301 g/mol. The van der Waals surface area contributed by atoms with Crippen molar-refractivity contribution < 1.29 is 24.6 Å². The van der Waals surface area contributed by atoms with Gasteiger partial charge in [0.05, 0.1) is 6.42 Å². The number of nitrogens with zero attached hydrogens (tertiary/aromatic N) is 2. The zero-order valence-electron chi connectivity index (χ0n) is 12.4.